The Morgan fingerprint density at radius 2 is 2.00 bits per heavy atom. The zero-order chi connectivity index (χ0) is 14.6. The number of carbonyl (C=O) groups excluding carboxylic acids is 2. The molecule has 0 radical (unpaired) electrons. The predicted octanol–water partition coefficient (Wildman–Crippen LogP) is 1.65. The van der Waals surface area contributed by atoms with E-state index < -0.39 is 24.0 Å². The SMILES string of the molecule is COC(=O)[C@@H](NC(=O)c1ccc(Cl)cc1Cl)[C@@H](C)O. The van der Waals surface area contributed by atoms with Crippen LogP contribution in [0, 0.1) is 0 Å². The fraction of sp³-hybridized carbons (Fsp3) is 0.333. The van der Waals surface area contributed by atoms with Gasteiger partial charge >= 0.3 is 5.97 Å². The zero-order valence-electron chi connectivity index (χ0n) is 10.3. The molecule has 5 nitrogen and oxygen atoms in total. The molecular formula is C12H13Cl2NO4. The number of benzene rings is 1. The third-order valence-corrected chi connectivity index (χ3v) is 2.95. The Kier molecular flexibility index (Phi) is 5.60. The van der Waals surface area contributed by atoms with Gasteiger partial charge in [-0.05, 0) is 25.1 Å². The third kappa shape index (κ3) is 4.09. The standard InChI is InChI=1S/C12H13Cl2NO4/c1-6(16)10(12(18)19-2)15-11(17)8-4-3-7(13)5-9(8)14/h3-6,10,16H,1-2H3,(H,15,17)/t6-,10+/m1/s1. The molecule has 0 spiro atoms. The average Bonchev–Trinajstić information content (AvgIpc) is 2.34. The van der Waals surface area contributed by atoms with E-state index >= 15 is 0 Å². The number of amides is 1. The first-order chi connectivity index (χ1) is 8.86. The number of aliphatic hydroxyl groups excluding tert-OH is 1. The number of hydrogen-bond acceptors (Lipinski definition) is 4. The number of methoxy groups -OCH3 is 1. The van der Waals surface area contributed by atoms with Crippen LogP contribution in [0.3, 0.4) is 0 Å². The summed E-state index contributed by atoms with van der Waals surface area (Å²) in [4.78, 5) is 23.4. The van der Waals surface area contributed by atoms with E-state index in [4.69, 9.17) is 23.2 Å². The summed E-state index contributed by atoms with van der Waals surface area (Å²) < 4.78 is 4.49. The highest BCUT2D eigenvalue weighted by Crippen LogP contribution is 2.21. The molecule has 0 aromatic heterocycles. The molecule has 0 saturated carbocycles. The molecule has 0 aliphatic rings. The lowest BCUT2D eigenvalue weighted by molar-refractivity contribution is -0.145. The van der Waals surface area contributed by atoms with E-state index in [0.717, 1.165) is 0 Å². The van der Waals surface area contributed by atoms with Gasteiger partial charge in [0.1, 0.15) is 0 Å². The molecule has 1 amide bonds. The van der Waals surface area contributed by atoms with Crippen LogP contribution in [0.1, 0.15) is 17.3 Å². The number of esters is 1. The maximum absolute atomic E-state index is 12.0. The highest BCUT2D eigenvalue weighted by molar-refractivity contribution is 6.36. The first kappa shape index (κ1) is 15.8. The smallest absolute Gasteiger partial charge is 0.331 e. The van der Waals surface area contributed by atoms with Crippen molar-refractivity contribution in [2.24, 2.45) is 0 Å². The number of halogens is 2. The van der Waals surface area contributed by atoms with E-state index in [2.05, 4.69) is 10.1 Å². The summed E-state index contributed by atoms with van der Waals surface area (Å²) in [6, 6.07) is 3.17. The van der Waals surface area contributed by atoms with Gasteiger partial charge in [0.25, 0.3) is 5.91 Å². The summed E-state index contributed by atoms with van der Waals surface area (Å²) in [5, 5.41) is 12.3. The van der Waals surface area contributed by atoms with Gasteiger partial charge in [-0.1, -0.05) is 23.2 Å². The van der Waals surface area contributed by atoms with Crippen molar-refractivity contribution in [2.45, 2.75) is 19.1 Å². The van der Waals surface area contributed by atoms with Crippen LogP contribution < -0.4 is 5.32 Å². The first-order valence-electron chi connectivity index (χ1n) is 5.38. The quantitative estimate of drug-likeness (QED) is 0.829. The minimum absolute atomic E-state index is 0.152. The number of aliphatic hydroxyl groups is 1. The molecule has 1 rings (SSSR count). The molecule has 104 valence electrons. The Morgan fingerprint density at radius 3 is 2.47 bits per heavy atom. The summed E-state index contributed by atoms with van der Waals surface area (Å²) in [5.74, 6) is -1.34. The van der Waals surface area contributed by atoms with Crippen molar-refractivity contribution in [2.75, 3.05) is 7.11 Å². The number of hydrogen-bond donors (Lipinski definition) is 2. The Hall–Kier alpha value is -1.30. The van der Waals surface area contributed by atoms with Gasteiger partial charge in [-0.15, -0.1) is 0 Å². The van der Waals surface area contributed by atoms with E-state index in [1.54, 1.807) is 0 Å². The molecule has 7 heteroatoms. The molecule has 0 bridgehead atoms. The van der Waals surface area contributed by atoms with Crippen LogP contribution in [0.5, 0.6) is 0 Å². The van der Waals surface area contributed by atoms with Gasteiger partial charge in [0.15, 0.2) is 6.04 Å². The van der Waals surface area contributed by atoms with Gasteiger partial charge in [0.2, 0.25) is 0 Å². The lowest BCUT2D eigenvalue weighted by atomic mass is 10.1. The fourth-order valence-electron chi connectivity index (χ4n) is 1.40. The maximum Gasteiger partial charge on any atom is 0.331 e. The van der Waals surface area contributed by atoms with Crippen LogP contribution in [0.15, 0.2) is 18.2 Å². The molecule has 0 unspecified atom stereocenters. The topological polar surface area (TPSA) is 75.6 Å². The van der Waals surface area contributed by atoms with Crippen LogP contribution in [0.4, 0.5) is 0 Å². The second-order valence-corrected chi connectivity index (χ2v) is 4.68. The normalized spacial score (nSPS) is 13.5. The second kappa shape index (κ2) is 6.75. The maximum atomic E-state index is 12.0. The summed E-state index contributed by atoms with van der Waals surface area (Å²) in [6.07, 6.45) is -1.09. The Labute approximate surface area is 120 Å². The van der Waals surface area contributed by atoms with Crippen LogP contribution in [0.2, 0.25) is 10.0 Å². The molecular weight excluding hydrogens is 293 g/mol. The van der Waals surface area contributed by atoms with Gasteiger partial charge in [-0.25, -0.2) is 4.79 Å². The van der Waals surface area contributed by atoms with Crippen molar-refractivity contribution in [3.05, 3.63) is 33.8 Å². The molecule has 19 heavy (non-hydrogen) atoms. The van der Waals surface area contributed by atoms with Crippen LogP contribution >= 0.6 is 23.2 Å². The molecule has 0 fully saturated rings. The number of nitrogens with one attached hydrogen (secondary N) is 1. The van der Waals surface area contributed by atoms with Crippen LogP contribution in [-0.2, 0) is 9.53 Å². The Bertz CT molecular complexity index is 491. The summed E-state index contributed by atoms with van der Waals surface area (Å²) in [6.45, 7) is 1.37. The minimum atomic E-state index is -1.16. The van der Waals surface area contributed by atoms with Crippen molar-refractivity contribution < 1.29 is 19.4 Å². The van der Waals surface area contributed by atoms with E-state index in [0.29, 0.717) is 5.02 Å². The molecule has 0 heterocycles. The Morgan fingerprint density at radius 1 is 1.37 bits per heavy atom. The van der Waals surface area contributed by atoms with Crippen molar-refractivity contribution in [3.8, 4) is 0 Å². The van der Waals surface area contributed by atoms with Gasteiger partial charge in [0.05, 0.1) is 23.8 Å². The highest BCUT2D eigenvalue weighted by atomic mass is 35.5. The van der Waals surface area contributed by atoms with Crippen molar-refractivity contribution in [3.63, 3.8) is 0 Å². The zero-order valence-corrected chi connectivity index (χ0v) is 11.8. The fourth-order valence-corrected chi connectivity index (χ4v) is 1.89. The van der Waals surface area contributed by atoms with E-state index in [1.165, 1.54) is 32.2 Å². The Balaban J connectivity index is 2.91. The average molecular weight is 306 g/mol. The highest BCUT2D eigenvalue weighted by Gasteiger charge is 2.27. The minimum Gasteiger partial charge on any atom is -0.467 e. The molecule has 1 aromatic carbocycles. The van der Waals surface area contributed by atoms with Crippen molar-refractivity contribution >= 4 is 35.1 Å². The van der Waals surface area contributed by atoms with E-state index in [-0.39, 0.29) is 10.6 Å². The lowest BCUT2D eigenvalue weighted by Crippen LogP contribution is -2.48. The van der Waals surface area contributed by atoms with Crippen molar-refractivity contribution in [1.29, 1.82) is 0 Å². The number of carbonyl (C=O) groups is 2. The first-order valence-corrected chi connectivity index (χ1v) is 6.14. The molecule has 0 aliphatic carbocycles. The molecule has 2 atom stereocenters. The molecule has 2 N–H and O–H groups in total. The third-order valence-electron chi connectivity index (χ3n) is 2.40. The van der Waals surface area contributed by atoms with Gasteiger partial charge in [-0.2, -0.15) is 0 Å². The second-order valence-electron chi connectivity index (χ2n) is 3.84. The van der Waals surface area contributed by atoms with E-state index in [1.807, 2.05) is 0 Å². The number of ether oxygens (including phenoxy) is 1. The summed E-state index contributed by atoms with van der Waals surface area (Å²) in [5.41, 5.74) is 0.153. The van der Waals surface area contributed by atoms with Gasteiger partial charge in [-0.3, -0.25) is 4.79 Å². The molecule has 1 aromatic rings. The molecule has 0 saturated heterocycles. The predicted molar refractivity (Wildman–Crippen MR) is 71.4 cm³/mol. The monoisotopic (exact) mass is 305 g/mol. The lowest BCUT2D eigenvalue weighted by Gasteiger charge is -2.19. The van der Waals surface area contributed by atoms with Crippen LogP contribution in [-0.4, -0.2) is 36.2 Å². The van der Waals surface area contributed by atoms with Crippen molar-refractivity contribution in [1.82, 2.24) is 5.32 Å². The summed E-state index contributed by atoms with van der Waals surface area (Å²) in [7, 11) is 1.17. The molecule has 0 aliphatic heterocycles. The number of rotatable bonds is 4. The van der Waals surface area contributed by atoms with Gasteiger partial charge < -0.3 is 15.2 Å². The van der Waals surface area contributed by atoms with E-state index in [9.17, 15) is 14.7 Å². The van der Waals surface area contributed by atoms with Gasteiger partial charge in [0, 0.05) is 5.02 Å². The van der Waals surface area contributed by atoms with Crippen LogP contribution in [0.25, 0.3) is 0 Å². The largest absolute Gasteiger partial charge is 0.467 e. The summed E-state index contributed by atoms with van der Waals surface area (Å²) >= 11 is 11.6.